The Morgan fingerprint density at radius 3 is 2.76 bits per heavy atom. The molecular formula is C23H26N6O3S. The predicted octanol–water partition coefficient (Wildman–Crippen LogP) is 2.68. The van der Waals surface area contributed by atoms with Gasteiger partial charge < -0.3 is 24.7 Å². The van der Waals surface area contributed by atoms with Crippen LogP contribution in [0.25, 0.3) is 0 Å². The highest BCUT2D eigenvalue weighted by atomic mass is 32.2. The fraction of sp³-hybridized carbons (Fsp3) is 0.304. The van der Waals surface area contributed by atoms with Crippen molar-refractivity contribution < 1.29 is 14.3 Å². The van der Waals surface area contributed by atoms with Crippen molar-refractivity contribution in [1.82, 2.24) is 20.8 Å². The van der Waals surface area contributed by atoms with Crippen LogP contribution in [0.4, 0.5) is 5.69 Å². The molecule has 3 aliphatic rings. The molecule has 172 valence electrons. The molecule has 0 radical (unpaired) electrons. The summed E-state index contributed by atoms with van der Waals surface area (Å²) in [6.45, 7) is 0. The fourth-order valence-electron chi connectivity index (χ4n) is 4.23. The zero-order valence-corrected chi connectivity index (χ0v) is 19.2. The van der Waals surface area contributed by atoms with Crippen LogP contribution in [0.2, 0.25) is 0 Å². The molecule has 0 bridgehead atoms. The maximum absolute atomic E-state index is 12.4. The van der Waals surface area contributed by atoms with Crippen LogP contribution in [0.3, 0.4) is 0 Å². The lowest BCUT2D eigenvalue weighted by Crippen LogP contribution is -2.54. The minimum Gasteiger partial charge on any atom is -0.497 e. The fourth-order valence-corrected chi connectivity index (χ4v) is 5.00. The normalized spacial score (nSPS) is 22.8. The molecule has 1 saturated heterocycles. The lowest BCUT2D eigenvalue weighted by molar-refractivity contribution is -0.113. The van der Waals surface area contributed by atoms with E-state index in [9.17, 15) is 4.79 Å². The number of benzene rings is 2. The average molecular weight is 467 g/mol. The number of thioether (sulfide) groups is 1. The summed E-state index contributed by atoms with van der Waals surface area (Å²) in [4.78, 5) is 14.5. The van der Waals surface area contributed by atoms with E-state index < -0.39 is 0 Å². The Balaban J connectivity index is 1.17. The van der Waals surface area contributed by atoms with Crippen LogP contribution in [0, 0.1) is 0 Å². The summed E-state index contributed by atoms with van der Waals surface area (Å²) >= 11 is 1.41. The van der Waals surface area contributed by atoms with Gasteiger partial charge in [-0.05, 0) is 36.2 Å². The molecule has 3 unspecified atom stereocenters. The molecule has 0 spiro atoms. The van der Waals surface area contributed by atoms with Crippen LogP contribution in [-0.4, -0.2) is 53.2 Å². The topological polar surface area (TPSA) is 90.5 Å². The number of hydrazone groups is 1. The SMILES string of the molecule is COc1ccc(C2CC3C4NN=C(SCC(=O)Nc5cccc(OC)c5)N4C=CN3N2)cc1. The molecule has 9 nitrogen and oxygen atoms in total. The first kappa shape index (κ1) is 21.5. The Morgan fingerprint density at radius 1 is 1.15 bits per heavy atom. The molecule has 0 saturated carbocycles. The maximum Gasteiger partial charge on any atom is 0.234 e. The summed E-state index contributed by atoms with van der Waals surface area (Å²) in [6, 6.07) is 15.9. The van der Waals surface area contributed by atoms with E-state index in [0.29, 0.717) is 11.4 Å². The summed E-state index contributed by atoms with van der Waals surface area (Å²) in [5.74, 6) is 1.72. The number of hydrogen-bond acceptors (Lipinski definition) is 9. The minimum atomic E-state index is -0.0934. The number of rotatable bonds is 6. The molecule has 2 aromatic carbocycles. The van der Waals surface area contributed by atoms with Crippen LogP contribution >= 0.6 is 11.8 Å². The summed E-state index contributed by atoms with van der Waals surface area (Å²) in [6.07, 6.45) is 4.96. The third-order valence-corrected chi connectivity index (χ3v) is 6.88. The second-order valence-electron chi connectivity index (χ2n) is 7.91. The van der Waals surface area contributed by atoms with E-state index in [0.717, 1.165) is 17.3 Å². The van der Waals surface area contributed by atoms with E-state index in [1.165, 1.54) is 17.3 Å². The molecule has 0 aliphatic carbocycles. The Bertz CT molecular complexity index is 1080. The molecule has 10 heteroatoms. The highest BCUT2D eigenvalue weighted by molar-refractivity contribution is 8.14. The van der Waals surface area contributed by atoms with Crippen molar-refractivity contribution in [3.63, 3.8) is 0 Å². The summed E-state index contributed by atoms with van der Waals surface area (Å²) in [7, 11) is 3.27. The van der Waals surface area contributed by atoms with E-state index in [1.807, 2.05) is 42.7 Å². The van der Waals surface area contributed by atoms with Crippen molar-refractivity contribution in [1.29, 1.82) is 0 Å². The van der Waals surface area contributed by atoms with Gasteiger partial charge in [0.1, 0.15) is 17.7 Å². The molecule has 33 heavy (non-hydrogen) atoms. The summed E-state index contributed by atoms with van der Waals surface area (Å²) < 4.78 is 10.5. The van der Waals surface area contributed by atoms with E-state index in [2.05, 4.69) is 43.3 Å². The number of nitrogens with one attached hydrogen (secondary N) is 3. The average Bonchev–Trinajstić information content (AvgIpc) is 3.47. The van der Waals surface area contributed by atoms with Crippen LogP contribution < -0.4 is 25.6 Å². The number of anilines is 1. The summed E-state index contributed by atoms with van der Waals surface area (Å²) in [5, 5.41) is 10.3. The van der Waals surface area contributed by atoms with Crippen LogP contribution in [0.15, 0.2) is 66.0 Å². The Labute approximate surface area is 196 Å². The van der Waals surface area contributed by atoms with E-state index in [-0.39, 0.29) is 29.9 Å². The molecule has 1 amide bonds. The van der Waals surface area contributed by atoms with E-state index >= 15 is 0 Å². The van der Waals surface area contributed by atoms with Crippen molar-refractivity contribution in [3.8, 4) is 11.5 Å². The van der Waals surface area contributed by atoms with Crippen LogP contribution in [-0.2, 0) is 4.79 Å². The van der Waals surface area contributed by atoms with Gasteiger partial charge in [0.05, 0.1) is 32.1 Å². The Morgan fingerprint density at radius 2 is 1.97 bits per heavy atom. The van der Waals surface area contributed by atoms with Crippen molar-refractivity contribution in [2.45, 2.75) is 24.7 Å². The smallest absolute Gasteiger partial charge is 0.234 e. The number of nitrogens with zero attached hydrogens (tertiary/aromatic N) is 3. The lowest BCUT2D eigenvalue weighted by atomic mass is 10.00. The molecule has 3 N–H and O–H groups in total. The predicted molar refractivity (Wildman–Crippen MR) is 129 cm³/mol. The molecule has 3 aliphatic heterocycles. The second-order valence-corrected chi connectivity index (χ2v) is 8.85. The Kier molecular flexibility index (Phi) is 6.01. The number of fused-ring (bicyclic) bond motifs is 3. The van der Waals surface area contributed by atoms with Gasteiger partial charge in [0.15, 0.2) is 5.17 Å². The number of hydrogen-bond donors (Lipinski definition) is 3. The first-order valence-corrected chi connectivity index (χ1v) is 11.7. The Hall–Kier alpha value is -3.37. The second kappa shape index (κ2) is 9.24. The quantitative estimate of drug-likeness (QED) is 0.599. The van der Waals surface area contributed by atoms with Crippen LogP contribution in [0.1, 0.15) is 18.0 Å². The highest BCUT2D eigenvalue weighted by Gasteiger charge is 2.44. The van der Waals surface area contributed by atoms with Crippen molar-refractivity contribution in [2.75, 3.05) is 25.3 Å². The van der Waals surface area contributed by atoms with E-state index in [4.69, 9.17) is 9.47 Å². The van der Waals surface area contributed by atoms with Gasteiger partial charge in [0.25, 0.3) is 0 Å². The van der Waals surface area contributed by atoms with Gasteiger partial charge in [0, 0.05) is 24.2 Å². The van der Waals surface area contributed by atoms with Crippen LogP contribution in [0.5, 0.6) is 11.5 Å². The monoisotopic (exact) mass is 466 g/mol. The summed E-state index contributed by atoms with van der Waals surface area (Å²) in [5.41, 5.74) is 8.74. The lowest BCUT2D eigenvalue weighted by Gasteiger charge is -2.36. The van der Waals surface area contributed by atoms with Gasteiger partial charge >= 0.3 is 0 Å². The van der Waals surface area contributed by atoms with Gasteiger partial charge in [-0.1, -0.05) is 30.0 Å². The van der Waals surface area contributed by atoms with E-state index in [1.54, 1.807) is 20.3 Å². The molecule has 1 fully saturated rings. The zero-order chi connectivity index (χ0) is 22.8. The third kappa shape index (κ3) is 4.44. The van der Waals surface area contributed by atoms with Crippen molar-refractivity contribution in [3.05, 3.63) is 66.5 Å². The number of methoxy groups -OCH3 is 2. The molecule has 5 rings (SSSR count). The first-order valence-electron chi connectivity index (χ1n) is 10.7. The molecular weight excluding hydrogens is 440 g/mol. The van der Waals surface area contributed by atoms with Gasteiger partial charge in [0.2, 0.25) is 5.91 Å². The van der Waals surface area contributed by atoms with Gasteiger partial charge in [-0.3, -0.25) is 10.2 Å². The number of carbonyl (C=O) groups is 1. The molecule has 3 heterocycles. The number of amidine groups is 1. The largest absolute Gasteiger partial charge is 0.497 e. The molecule has 0 aromatic heterocycles. The maximum atomic E-state index is 12.4. The third-order valence-electron chi connectivity index (χ3n) is 5.91. The molecule has 3 atom stereocenters. The first-order chi connectivity index (χ1) is 16.1. The van der Waals surface area contributed by atoms with Gasteiger partial charge in [-0.2, -0.15) is 5.10 Å². The number of ether oxygens (including phenoxy) is 2. The number of hydrazine groups is 1. The number of carbonyl (C=O) groups excluding carboxylic acids is 1. The van der Waals surface area contributed by atoms with Gasteiger partial charge in [-0.15, -0.1) is 0 Å². The minimum absolute atomic E-state index is 0.00898. The zero-order valence-electron chi connectivity index (χ0n) is 18.4. The molecule has 2 aromatic rings. The highest BCUT2D eigenvalue weighted by Crippen LogP contribution is 2.35. The standard InChI is InChI=1S/C23H26N6O3S/c1-31-17-8-6-15(7-9-17)19-13-20-22-25-26-23(28(22)10-11-29(20)27-19)33-14-21(30)24-16-4-3-5-18(12-16)32-2/h3-12,19-20,22,25,27H,13-14H2,1-2H3,(H,24,30). The number of amides is 1. The van der Waals surface area contributed by atoms with Crippen molar-refractivity contribution in [2.24, 2.45) is 5.10 Å². The van der Waals surface area contributed by atoms with Crippen molar-refractivity contribution >= 4 is 28.5 Å². The van der Waals surface area contributed by atoms with Gasteiger partial charge in [-0.25, -0.2) is 5.43 Å².